The van der Waals surface area contributed by atoms with Crippen LogP contribution in [-0.4, -0.2) is 54.0 Å². The number of nitrogens with one attached hydrogen (secondary N) is 1. The van der Waals surface area contributed by atoms with Crippen LogP contribution in [0.1, 0.15) is 27.6 Å². The first-order chi connectivity index (χ1) is 13.4. The Hall–Kier alpha value is -3.06. The van der Waals surface area contributed by atoms with Crippen LogP contribution in [0.2, 0.25) is 5.02 Å². The number of carbonyl (C=O) groups is 3. The molecule has 2 aromatic rings. The van der Waals surface area contributed by atoms with Crippen LogP contribution >= 0.6 is 11.6 Å². The van der Waals surface area contributed by atoms with Crippen LogP contribution < -0.4 is 10.2 Å². The summed E-state index contributed by atoms with van der Waals surface area (Å²) in [5.41, 5.74) is 1.33. The lowest BCUT2D eigenvalue weighted by atomic mass is 10.1. The van der Waals surface area contributed by atoms with Crippen LogP contribution in [-0.2, 0) is 4.79 Å². The average Bonchev–Trinajstić information content (AvgIpc) is 2.68. The minimum atomic E-state index is -1.09. The number of piperazine rings is 1. The molecule has 0 radical (unpaired) electrons. The molecular formula is C20H20ClN3O4. The van der Waals surface area contributed by atoms with E-state index in [4.69, 9.17) is 11.6 Å². The van der Waals surface area contributed by atoms with E-state index in [2.05, 4.69) is 5.32 Å². The summed E-state index contributed by atoms with van der Waals surface area (Å²) in [5.74, 6) is -1.49. The SMILES string of the molecule is CC(=O)N1CCN(c2ccc(NC(=O)c3ccccc3Cl)cc2C(=O)O)CC1. The third kappa shape index (κ3) is 4.26. The maximum Gasteiger partial charge on any atom is 0.337 e. The van der Waals surface area contributed by atoms with E-state index in [1.807, 2.05) is 4.90 Å². The molecule has 2 N–H and O–H groups in total. The van der Waals surface area contributed by atoms with Gasteiger partial charge in [-0.05, 0) is 30.3 Å². The fourth-order valence-corrected chi connectivity index (χ4v) is 3.39. The molecule has 1 fully saturated rings. The summed E-state index contributed by atoms with van der Waals surface area (Å²) < 4.78 is 0. The minimum Gasteiger partial charge on any atom is -0.478 e. The molecule has 1 saturated heterocycles. The number of amides is 2. The Balaban J connectivity index is 1.80. The Labute approximate surface area is 167 Å². The third-order valence-electron chi connectivity index (χ3n) is 4.67. The summed E-state index contributed by atoms with van der Waals surface area (Å²) in [4.78, 5) is 39.3. The zero-order chi connectivity index (χ0) is 20.3. The van der Waals surface area contributed by atoms with E-state index in [1.165, 1.54) is 13.0 Å². The van der Waals surface area contributed by atoms with Crippen LogP contribution in [0.4, 0.5) is 11.4 Å². The predicted molar refractivity (Wildman–Crippen MR) is 107 cm³/mol. The van der Waals surface area contributed by atoms with Gasteiger partial charge in [0.25, 0.3) is 5.91 Å². The van der Waals surface area contributed by atoms with Crippen molar-refractivity contribution in [3.63, 3.8) is 0 Å². The molecule has 2 amide bonds. The van der Waals surface area contributed by atoms with Crippen molar-refractivity contribution in [1.29, 1.82) is 0 Å². The van der Waals surface area contributed by atoms with Crippen molar-refractivity contribution < 1.29 is 19.5 Å². The summed E-state index contributed by atoms with van der Waals surface area (Å²) in [6.45, 7) is 3.70. The van der Waals surface area contributed by atoms with Gasteiger partial charge in [-0.3, -0.25) is 9.59 Å². The molecule has 3 rings (SSSR count). The summed E-state index contributed by atoms with van der Waals surface area (Å²) in [5, 5.41) is 12.6. The summed E-state index contributed by atoms with van der Waals surface area (Å²) >= 11 is 6.04. The number of nitrogens with zero attached hydrogens (tertiary/aromatic N) is 2. The van der Waals surface area contributed by atoms with Crippen LogP contribution in [0.25, 0.3) is 0 Å². The van der Waals surface area contributed by atoms with Gasteiger partial charge in [0.2, 0.25) is 5.91 Å². The number of carboxylic acids is 1. The highest BCUT2D eigenvalue weighted by Gasteiger charge is 2.23. The zero-order valence-electron chi connectivity index (χ0n) is 15.3. The van der Waals surface area contributed by atoms with Crippen molar-refractivity contribution in [1.82, 2.24) is 4.90 Å². The molecule has 2 aromatic carbocycles. The molecule has 0 aromatic heterocycles. The van der Waals surface area contributed by atoms with Gasteiger partial charge in [-0.25, -0.2) is 4.79 Å². The molecule has 1 aliphatic rings. The second-order valence-electron chi connectivity index (χ2n) is 6.46. The van der Waals surface area contributed by atoms with Crippen LogP contribution in [0.15, 0.2) is 42.5 Å². The third-order valence-corrected chi connectivity index (χ3v) is 5.00. The largest absolute Gasteiger partial charge is 0.478 e. The fourth-order valence-electron chi connectivity index (χ4n) is 3.17. The van der Waals surface area contributed by atoms with Gasteiger partial charge in [0.05, 0.1) is 21.8 Å². The summed E-state index contributed by atoms with van der Waals surface area (Å²) in [6, 6.07) is 11.4. The normalized spacial score (nSPS) is 13.9. The van der Waals surface area contributed by atoms with Crippen LogP contribution in [0, 0.1) is 0 Å². The standard InChI is InChI=1S/C20H20ClN3O4/c1-13(25)23-8-10-24(11-9-23)18-7-6-14(12-16(18)20(27)28)22-19(26)15-4-2-3-5-17(15)21/h2-7,12H,8-11H2,1H3,(H,22,26)(H,27,28). The van der Waals surface area contributed by atoms with Gasteiger partial charge in [-0.15, -0.1) is 0 Å². The molecule has 28 heavy (non-hydrogen) atoms. The van der Waals surface area contributed by atoms with Gasteiger partial charge in [0.15, 0.2) is 0 Å². The van der Waals surface area contributed by atoms with E-state index in [1.54, 1.807) is 41.3 Å². The molecule has 0 unspecified atom stereocenters. The van der Waals surface area contributed by atoms with Crippen molar-refractivity contribution >= 4 is 40.8 Å². The number of carbonyl (C=O) groups excluding carboxylic acids is 2. The molecule has 0 saturated carbocycles. The Bertz CT molecular complexity index is 923. The lowest BCUT2D eigenvalue weighted by Gasteiger charge is -2.36. The molecular weight excluding hydrogens is 382 g/mol. The Kier molecular flexibility index (Phi) is 5.84. The van der Waals surface area contributed by atoms with Gasteiger partial charge in [-0.2, -0.15) is 0 Å². The molecule has 0 atom stereocenters. The quantitative estimate of drug-likeness (QED) is 0.822. The topological polar surface area (TPSA) is 90.0 Å². The monoisotopic (exact) mass is 401 g/mol. The molecule has 7 nitrogen and oxygen atoms in total. The average molecular weight is 402 g/mol. The lowest BCUT2D eigenvalue weighted by Crippen LogP contribution is -2.48. The van der Waals surface area contributed by atoms with Crippen molar-refractivity contribution in [3.05, 3.63) is 58.6 Å². The number of halogens is 1. The van der Waals surface area contributed by atoms with Gasteiger partial charge in [0.1, 0.15) is 0 Å². The molecule has 146 valence electrons. The van der Waals surface area contributed by atoms with Crippen LogP contribution in [0.5, 0.6) is 0 Å². The van der Waals surface area contributed by atoms with E-state index >= 15 is 0 Å². The summed E-state index contributed by atoms with van der Waals surface area (Å²) in [6.07, 6.45) is 0. The highest BCUT2D eigenvalue weighted by atomic mass is 35.5. The van der Waals surface area contributed by atoms with E-state index in [-0.39, 0.29) is 11.5 Å². The van der Waals surface area contributed by atoms with Crippen molar-refractivity contribution in [3.8, 4) is 0 Å². The number of anilines is 2. The lowest BCUT2D eigenvalue weighted by molar-refractivity contribution is -0.129. The van der Waals surface area contributed by atoms with E-state index in [0.717, 1.165) is 0 Å². The van der Waals surface area contributed by atoms with Gasteiger partial charge >= 0.3 is 5.97 Å². The zero-order valence-corrected chi connectivity index (χ0v) is 16.1. The van der Waals surface area contributed by atoms with Gasteiger partial charge in [0, 0.05) is 38.8 Å². The van der Waals surface area contributed by atoms with E-state index in [9.17, 15) is 19.5 Å². The number of benzene rings is 2. The Morgan fingerprint density at radius 3 is 2.29 bits per heavy atom. The second-order valence-corrected chi connectivity index (χ2v) is 6.87. The number of rotatable bonds is 4. The maximum atomic E-state index is 12.4. The van der Waals surface area contributed by atoms with E-state index < -0.39 is 11.9 Å². The second kappa shape index (κ2) is 8.31. The number of hydrogen-bond acceptors (Lipinski definition) is 4. The minimum absolute atomic E-state index is 0.00995. The first-order valence-electron chi connectivity index (χ1n) is 8.80. The van der Waals surface area contributed by atoms with E-state index in [0.29, 0.717) is 48.1 Å². The van der Waals surface area contributed by atoms with Crippen molar-refractivity contribution in [2.75, 3.05) is 36.4 Å². The number of hydrogen-bond donors (Lipinski definition) is 2. The molecule has 0 spiro atoms. The number of carboxylic acid groups (broad SMARTS) is 1. The summed E-state index contributed by atoms with van der Waals surface area (Å²) in [7, 11) is 0. The molecule has 0 bridgehead atoms. The highest BCUT2D eigenvalue weighted by Crippen LogP contribution is 2.26. The predicted octanol–water partition coefficient (Wildman–Crippen LogP) is 2.96. The Morgan fingerprint density at radius 1 is 1.00 bits per heavy atom. The maximum absolute atomic E-state index is 12.4. The first-order valence-corrected chi connectivity index (χ1v) is 9.18. The van der Waals surface area contributed by atoms with Crippen molar-refractivity contribution in [2.24, 2.45) is 0 Å². The first kappa shape index (κ1) is 19.7. The molecule has 0 aliphatic carbocycles. The number of aromatic carboxylic acids is 1. The molecule has 1 aliphatic heterocycles. The molecule has 1 heterocycles. The fraction of sp³-hybridized carbons (Fsp3) is 0.250. The molecule has 8 heteroatoms. The van der Waals surface area contributed by atoms with Crippen molar-refractivity contribution in [2.45, 2.75) is 6.92 Å². The highest BCUT2D eigenvalue weighted by molar-refractivity contribution is 6.34. The smallest absolute Gasteiger partial charge is 0.337 e. The Morgan fingerprint density at radius 2 is 1.68 bits per heavy atom. The van der Waals surface area contributed by atoms with Gasteiger partial charge in [-0.1, -0.05) is 23.7 Å². The van der Waals surface area contributed by atoms with Gasteiger partial charge < -0.3 is 20.2 Å². The van der Waals surface area contributed by atoms with Crippen LogP contribution in [0.3, 0.4) is 0 Å².